The summed E-state index contributed by atoms with van der Waals surface area (Å²) in [4.78, 5) is 24.0. The van der Waals surface area contributed by atoms with E-state index in [2.05, 4.69) is 20.8 Å². The van der Waals surface area contributed by atoms with E-state index in [4.69, 9.17) is 4.74 Å². The number of nitrogens with zero attached hydrogens (tertiary/aromatic N) is 4. The van der Waals surface area contributed by atoms with Gasteiger partial charge in [-0.05, 0) is 46.9 Å². The van der Waals surface area contributed by atoms with Crippen molar-refractivity contribution < 1.29 is 19.4 Å². The zero-order valence-corrected chi connectivity index (χ0v) is 15.3. The Morgan fingerprint density at radius 2 is 2.08 bits per heavy atom. The summed E-state index contributed by atoms with van der Waals surface area (Å²) in [6.07, 6.45) is 2.40. The van der Waals surface area contributed by atoms with Crippen molar-refractivity contribution in [2.75, 3.05) is 7.11 Å². The number of tetrazole rings is 1. The van der Waals surface area contributed by atoms with Crippen LogP contribution in [-0.2, 0) is 4.79 Å². The monoisotopic (exact) mass is 361 g/mol. The lowest BCUT2D eigenvalue weighted by Gasteiger charge is -2.21. The van der Waals surface area contributed by atoms with Crippen LogP contribution in [0.15, 0.2) is 24.5 Å². The summed E-state index contributed by atoms with van der Waals surface area (Å²) in [6, 6.07) is 3.76. The molecule has 1 amide bonds. The molecule has 26 heavy (non-hydrogen) atoms. The zero-order chi connectivity index (χ0) is 19.3. The van der Waals surface area contributed by atoms with Crippen LogP contribution in [0.25, 0.3) is 5.69 Å². The number of aliphatic carboxylic acids is 1. The second-order valence-electron chi connectivity index (χ2n) is 7.10. The summed E-state index contributed by atoms with van der Waals surface area (Å²) in [5, 5.41) is 22.9. The van der Waals surface area contributed by atoms with Crippen molar-refractivity contribution >= 4 is 11.9 Å². The highest BCUT2D eigenvalue weighted by Gasteiger charge is 2.24. The van der Waals surface area contributed by atoms with E-state index in [9.17, 15) is 14.7 Å². The predicted octanol–water partition coefficient (Wildman–Crippen LogP) is 1.68. The number of ether oxygens (including phenoxy) is 1. The summed E-state index contributed by atoms with van der Waals surface area (Å²) >= 11 is 0. The van der Waals surface area contributed by atoms with Gasteiger partial charge in [0.2, 0.25) is 0 Å². The van der Waals surface area contributed by atoms with Crippen molar-refractivity contribution in [2.24, 2.45) is 5.41 Å². The second-order valence-corrected chi connectivity index (χ2v) is 7.10. The Bertz CT molecular complexity index is 768. The van der Waals surface area contributed by atoms with Crippen molar-refractivity contribution in [3.8, 4) is 11.4 Å². The van der Waals surface area contributed by atoms with Gasteiger partial charge in [0.1, 0.15) is 23.8 Å². The second kappa shape index (κ2) is 7.94. The zero-order valence-electron chi connectivity index (χ0n) is 15.3. The van der Waals surface area contributed by atoms with Gasteiger partial charge >= 0.3 is 5.97 Å². The van der Waals surface area contributed by atoms with Crippen LogP contribution < -0.4 is 10.1 Å². The van der Waals surface area contributed by atoms with E-state index in [0.29, 0.717) is 29.8 Å². The smallest absolute Gasteiger partial charge is 0.326 e. The lowest BCUT2D eigenvalue weighted by molar-refractivity contribution is -0.139. The minimum absolute atomic E-state index is 0.0220. The molecule has 1 aromatic heterocycles. The Balaban J connectivity index is 2.20. The number of rotatable bonds is 7. The van der Waals surface area contributed by atoms with Crippen molar-refractivity contribution in [2.45, 2.75) is 39.7 Å². The molecular weight excluding hydrogens is 338 g/mol. The topological polar surface area (TPSA) is 119 Å². The number of hydrogen-bond acceptors (Lipinski definition) is 6. The van der Waals surface area contributed by atoms with E-state index < -0.39 is 17.9 Å². The van der Waals surface area contributed by atoms with E-state index >= 15 is 0 Å². The van der Waals surface area contributed by atoms with Crippen LogP contribution in [-0.4, -0.2) is 50.3 Å². The van der Waals surface area contributed by atoms with Crippen LogP contribution in [0, 0.1) is 5.41 Å². The van der Waals surface area contributed by atoms with Gasteiger partial charge in [0.05, 0.1) is 7.11 Å². The van der Waals surface area contributed by atoms with Gasteiger partial charge in [0.15, 0.2) is 0 Å². The highest BCUT2D eigenvalue weighted by Crippen LogP contribution is 2.24. The van der Waals surface area contributed by atoms with E-state index in [0.717, 1.165) is 0 Å². The quantitative estimate of drug-likeness (QED) is 0.770. The number of carboxylic acid groups (broad SMARTS) is 1. The molecule has 2 rings (SSSR count). The SMILES string of the molecule is COc1ccc(C(=O)NC(CCC(C)(C)C)C(=O)O)cc1-n1cnnn1. The fourth-order valence-corrected chi connectivity index (χ4v) is 2.36. The van der Waals surface area contributed by atoms with Gasteiger partial charge in [0, 0.05) is 5.56 Å². The average Bonchev–Trinajstić information content (AvgIpc) is 3.11. The summed E-state index contributed by atoms with van der Waals surface area (Å²) in [7, 11) is 1.50. The highest BCUT2D eigenvalue weighted by molar-refractivity contribution is 5.97. The van der Waals surface area contributed by atoms with Crippen LogP contribution in [0.3, 0.4) is 0 Å². The Kier molecular flexibility index (Phi) is 5.91. The Labute approximate surface area is 151 Å². The largest absolute Gasteiger partial charge is 0.494 e. The number of benzene rings is 1. The summed E-state index contributed by atoms with van der Waals surface area (Å²) < 4.78 is 6.62. The molecule has 0 saturated carbocycles. The molecule has 0 spiro atoms. The first-order valence-corrected chi connectivity index (χ1v) is 8.16. The number of carbonyl (C=O) groups excluding carboxylic acids is 1. The fourth-order valence-electron chi connectivity index (χ4n) is 2.36. The summed E-state index contributed by atoms with van der Waals surface area (Å²) in [6.45, 7) is 6.07. The van der Waals surface area contributed by atoms with Crippen molar-refractivity contribution in [3.63, 3.8) is 0 Å². The molecule has 0 aliphatic rings. The fraction of sp³-hybridized carbons (Fsp3) is 0.471. The van der Waals surface area contributed by atoms with Gasteiger partial charge < -0.3 is 15.2 Å². The highest BCUT2D eigenvalue weighted by atomic mass is 16.5. The maximum absolute atomic E-state index is 12.5. The van der Waals surface area contributed by atoms with Crippen LogP contribution in [0.2, 0.25) is 0 Å². The average molecular weight is 361 g/mol. The van der Waals surface area contributed by atoms with Crippen LogP contribution in [0.4, 0.5) is 0 Å². The maximum Gasteiger partial charge on any atom is 0.326 e. The summed E-state index contributed by atoms with van der Waals surface area (Å²) in [5.74, 6) is -1.06. The molecule has 9 heteroatoms. The van der Waals surface area contributed by atoms with E-state index in [-0.39, 0.29) is 5.41 Å². The van der Waals surface area contributed by atoms with Crippen LogP contribution >= 0.6 is 0 Å². The van der Waals surface area contributed by atoms with Gasteiger partial charge in [-0.3, -0.25) is 4.79 Å². The minimum Gasteiger partial charge on any atom is -0.494 e. The Hall–Kier alpha value is -2.97. The van der Waals surface area contributed by atoms with E-state index in [1.807, 2.05) is 20.8 Å². The molecule has 9 nitrogen and oxygen atoms in total. The molecule has 1 unspecified atom stereocenters. The number of nitrogens with one attached hydrogen (secondary N) is 1. The van der Waals surface area contributed by atoms with Crippen LogP contribution in [0.1, 0.15) is 44.0 Å². The molecular formula is C17H23N5O4. The number of carbonyl (C=O) groups is 2. The molecule has 0 aliphatic heterocycles. The number of aromatic nitrogens is 4. The Morgan fingerprint density at radius 3 is 2.62 bits per heavy atom. The predicted molar refractivity (Wildman–Crippen MR) is 93.3 cm³/mol. The first-order valence-electron chi connectivity index (χ1n) is 8.16. The molecule has 2 N–H and O–H groups in total. The molecule has 140 valence electrons. The lowest BCUT2D eigenvalue weighted by Crippen LogP contribution is -2.41. The molecule has 0 saturated heterocycles. The molecule has 2 aromatic rings. The molecule has 0 radical (unpaired) electrons. The first kappa shape index (κ1) is 19.4. The van der Waals surface area contributed by atoms with Crippen LogP contribution in [0.5, 0.6) is 5.75 Å². The molecule has 1 atom stereocenters. The molecule has 1 heterocycles. The molecule has 1 aromatic carbocycles. The van der Waals surface area contributed by atoms with Gasteiger partial charge in [-0.15, -0.1) is 5.10 Å². The first-order chi connectivity index (χ1) is 12.2. The minimum atomic E-state index is -1.06. The van der Waals surface area contributed by atoms with Gasteiger partial charge in [-0.2, -0.15) is 4.68 Å². The standard InChI is InChI=1S/C17H23N5O4/c1-17(2,3)8-7-12(16(24)25)19-15(23)11-5-6-14(26-4)13(9-11)22-10-18-20-21-22/h5-6,9-10,12H,7-8H2,1-4H3,(H,19,23)(H,24,25). The van der Waals surface area contributed by atoms with Crippen molar-refractivity contribution in [1.29, 1.82) is 0 Å². The number of carboxylic acids is 1. The van der Waals surface area contributed by atoms with Gasteiger partial charge in [0.25, 0.3) is 5.91 Å². The maximum atomic E-state index is 12.5. The lowest BCUT2D eigenvalue weighted by atomic mass is 9.88. The molecule has 0 bridgehead atoms. The normalized spacial score (nSPS) is 12.5. The van der Waals surface area contributed by atoms with Gasteiger partial charge in [-0.1, -0.05) is 20.8 Å². The third kappa shape index (κ3) is 5.01. The molecule has 0 fully saturated rings. The third-order valence-electron chi connectivity index (χ3n) is 3.82. The number of hydrogen-bond donors (Lipinski definition) is 2. The number of methoxy groups -OCH3 is 1. The van der Waals surface area contributed by atoms with E-state index in [1.54, 1.807) is 18.2 Å². The molecule has 0 aliphatic carbocycles. The number of amides is 1. The third-order valence-corrected chi connectivity index (χ3v) is 3.82. The van der Waals surface area contributed by atoms with E-state index in [1.165, 1.54) is 18.1 Å². The van der Waals surface area contributed by atoms with Gasteiger partial charge in [-0.25, -0.2) is 4.79 Å². The van der Waals surface area contributed by atoms with Crippen molar-refractivity contribution in [3.05, 3.63) is 30.1 Å². The summed E-state index contributed by atoms with van der Waals surface area (Å²) in [5.41, 5.74) is 0.747. The Morgan fingerprint density at radius 1 is 1.35 bits per heavy atom. The van der Waals surface area contributed by atoms with Crippen molar-refractivity contribution in [1.82, 2.24) is 25.5 Å².